The van der Waals surface area contributed by atoms with Crippen molar-refractivity contribution in [1.82, 2.24) is 14.5 Å². The fourth-order valence-corrected chi connectivity index (χ4v) is 2.04. The van der Waals surface area contributed by atoms with E-state index in [1.807, 2.05) is 17.7 Å². The lowest BCUT2D eigenvalue weighted by Gasteiger charge is -2.09. The smallest absolute Gasteiger partial charge is 0.154 e. The van der Waals surface area contributed by atoms with Crippen molar-refractivity contribution < 1.29 is 4.74 Å². The summed E-state index contributed by atoms with van der Waals surface area (Å²) in [6.45, 7) is 1.31. The van der Waals surface area contributed by atoms with E-state index in [-0.39, 0.29) is 5.38 Å². The number of nitrogens with zero attached hydrogens (tertiary/aromatic N) is 3. The van der Waals surface area contributed by atoms with Crippen LogP contribution in [0.1, 0.15) is 6.42 Å². The molecule has 98 valence electrons. The van der Waals surface area contributed by atoms with Crippen molar-refractivity contribution in [2.45, 2.75) is 11.8 Å². The molecule has 0 aliphatic rings. The van der Waals surface area contributed by atoms with Crippen LogP contribution in [-0.2, 0) is 11.8 Å². The number of imidazole rings is 1. The van der Waals surface area contributed by atoms with Crippen molar-refractivity contribution in [3.05, 3.63) is 18.6 Å². The highest BCUT2D eigenvalue weighted by Crippen LogP contribution is 2.18. The topological polar surface area (TPSA) is 52.0 Å². The lowest BCUT2D eigenvalue weighted by Crippen LogP contribution is -2.14. The minimum atomic E-state index is 0.0189. The number of aryl methyl sites for hydroxylation is 1. The van der Waals surface area contributed by atoms with Gasteiger partial charge in [0.15, 0.2) is 5.82 Å². The van der Waals surface area contributed by atoms with Crippen molar-refractivity contribution in [2.75, 3.05) is 25.6 Å². The van der Waals surface area contributed by atoms with Gasteiger partial charge < -0.3 is 14.6 Å². The minimum Gasteiger partial charge on any atom is -0.383 e. The molecule has 0 saturated heterocycles. The molecule has 0 radical (unpaired) electrons. The van der Waals surface area contributed by atoms with Gasteiger partial charge in [-0.15, -0.1) is 11.6 Å². The second-order valence-electron chi connectivity index (χ2n) is 4.15. The number of hydrogen-bond donors (Lipinski definition) is 1. The molecule has 2 aromatic heterocycles. The molecule has 0 aromatic carbocycles. The van der Waals surface area contributed by atoms with Crippen molar-refractivity contribution in [1.29, 1.82) is 0 Å². The molecule has 2 aromatic rings. The summed E-state index contributed by atoms with van der Waals surface area (Å²) in [5, 5.41) is 3.28. The van der Waals surface area contributed by atoms with Gasteiger partial charge in [-0.25, -0.2) is 9.97 Å². The average Bonchev–Trinajstić information content (AvgIpc) is 2.73. The van der Waals surface area contributed by atoms with E-state index in [0.29, 0.717) is 6.61 Å². The van der Waals surface area contributed by atoms with Gasteiger partial charge in [0.2, 0.25) is 0 Å². The number of hydrogen-bond acceptors (Lipinski definition) is 4. The van der Waals surface area contributed by atoms with E-state index in [1.165, 1.54) is 0 Å². The van der Waals surface area contributed by atoms with Crippen LogP contribution < -0.4 is 5.32 Å². The van der Waals surface area contributed by atoms with Gasteiger partial charge in [-0.1, -0.05) is 0 Å². The van der Waals surface area contributed by atoms with Crippen LogP contribution in [-0.4, -0.2) is 40.2 Å². The Morgan fingerprint density at radius 2 is 2.33 bits per heavy atom. The molecular formula is C12H17ClN4O. The number of aromatic nitrogens is 3. The second-order valence-corrected chi connectivity index (χ2v) is 4.77. The molecule has 0 bridgehead atoms. The Kier molecular flexibility index (Phi) is 4.38. The summed E-state index contributed by atoms with van der Waals surface area (Å²) in [7, 11) is 3.62. The van der Waals surface area contributed by atoms with Crippen LogP contribution in [0.25, 0.3) is 11.0 Å². The van der Waals surface area contributed by atoms with Gasteiger partial charge in [-0.3, -0.25) is 0 Å². The van der Waals surface area contributed by atoms with Crippen LogP contribution in [0.15, 0.2) is 18.6 Å². The quantitative estimate of drug-likeness (QED) is 0.815. The third kappa shape index (κ3) is 2.91. The molecule has 0 amide bonds. The Bertz CT molecular complexity index is 514. The average molecular weight is 269 g/mol. The summed E-state index contributed by atoms with van der Waals surface area (Å²) >= 11 is 6.06. The third-order valence-electron chi connectivity index (χ3n) is 2.74. The van der Waals surface area contributed by atoms with Crippen molar-refractivity contribution >= 4 is 28.5 Å². The van der Waals surface area contributed by atoms with Crippen molar-refractivity contribution in [2.24, 2.45) is 7.05 Å². The molecule has 0 aliphatic heterocycles. The Balaban J connectivity index is 1.99. The Hall–Kier alpha value is -1.33. The Morgan fingerprint density at radius 3 is 3.11 bits per heavy atom. The molecule has 0 saturated carbocycles. The zero-order valence-electron chi connectivity index (χ0n) is 10.6. The predicted octanol–water partition coefficient (Wildman–Crippen LogP) is 2.02. The van der Waals surface area contributed by atoms with Gasteiger partial charge >= 0.3 is 0 Å². The molecular weight excluding hydrogens is 252 g/mol. The lowest BCUT2D eigenvalue weighted by molar-refractivity contribution is 0.196. The summed E-state index contributed by atoms with van der Waals surface area (Å²) in [6, 6.07) is 1.95. The molecule has 6 heteroatoms. The highest BCUT2D eigenvalue weighted by Gasteiger charge is 2.07. The van der Waals surface area contributed by atoms with Gasteiger partial charge in [0.25, 0.3) is 0 Å². The van der Waals surface area contributed by atoms with Crippen LogP contribution in [0.4, 0.5) is 5.82 Å². The van der Waals surface area contributed by atoms with Crippen LogP contribution in [0, 0.1) is 0 Å². The summed E-state index contributed by atoms with van der Waals surface area (Å²) in [5.41, 5.74) is 1.95. The van der Waals surface area contributed by atoms with Gasteiger partial charge in [0, 0.05) is 26.9 Å². The highest BCUT2D eigenvalue weighted by molar-refractivity contribution is 6.20. The number of alkyl halides is 1. The monoisotopic (exact) mass is 268 g/mol. The number of fused-ring (bicyclic) bond motifs is 1. The first-order valence-corrected chi connectivity index (χ1v) is 6.29. The van der Waals surface area contributed by atoms with E-state index >= 15 is 0 Å². The van der Waals surface area contributed by atoms with E-state index in [0.717, 1.165) is 29.8 Å². The number of rotatable bonds is 6. The molecule has 2 rings (SSSR count). The first-order chi connectivity index (χ1) is 8.72. The number of anilines is 1. The van der Waals surface area contributed by atoms with Crippen LogP contribution >= 0.6 is 11.6 Å². The number of halogens is 1. The maximum Gasteiger partial charge on any atom is 0.154 e. The van der Waals surface area contributed by atoms with E-state index < -0.39 is 0 Å². The predicted molar refractivity (Wildman–Crippen MR) is 73.1 cm³/mol. The standard InChI is InChI=1S/C12H17ClN4O/c1-17-8-16-11-10(17)4-6-15-12(11)14-5-3-9(13)7-18-2/h4,6,8-9H,3,5,7H2,1-2H3,(H,14,15). The molecule has 0 aliphatic carbocycles. The maximum absolute atomic E-state index is 6.06. The molecule has 18 heavy (non-hydrogen) atoms. The van der Waals surface area contributed by atoms with Crippen LogP contribution in [0.3, 0.4) is 0 Å². The van der Waals surface area contributed by atoms with E-state index in [2.05, 4.69) is 15.3 Å². The normalized spacial score (nSPS) is 12.8. The molecule has 1 N–H and O–H groups in total. The fourth-order valence-electron chi connectivity index (χ4n) is 1.80. The molecule has 1 atom stereocenters. The van der Waals surface area contributed by atoms with Crippen molar-refractivity contribution in [3.8, 4) is 0 Å². The van der Waals surface area contributed by atoms with E-state index in [9.17, 15) is 0 Å². The zero-order valence-corrected chi connectivity index (χ0v) is 11.3. The van der Waals surface area contributed by atoms with Crippen LogP contribution in [0.5, 0.6) is 0 Å². The Labute approximate surface area is 111 Å². The van der Waals surface area contributed by atoms with Crippen LogP contribution in [0.2, 0.25) is 0 Å². The number of pyridine rings is 1. The number of methoxy groups -OCH3 is 1. The summed E-state index contributed by atoms with van der Waals surface area (Å²) in [5.74, 6) is 0.800. The minimum absolute atomic E-state index is 0.0189. The van der Waals surface area contributed by atoms with Gasteiger partial charge in [0.05, 0.1) is 23.8 Å². The number of nitrogens with one attached hydrogen (secondary N) is 1. The summed E-state index contributed by atoms with van der Waals surface area (Å²) in [4.78, 5) is 8.63. The Morgan fingerprint density at radius 1 is 1.50 bits per heavy atom. The molecule has 5 nitrogen and oxygen atoms in total. The summed E-state index contributed by atoms with van der Waals surface area (Å²) in [6.07, 6.45) is 4.38. The van der Waals surface area contributed by atoms with Gasteiger partial charge in [-0.2, -0.15) is 0 Å². The first-order valence-electron chi connectivity index (χ1n) is 5.85. The zero-order chi connectivity index (χ0) is 13.0. The lowest BCUT2D eigenvalue weighted by atomic mass is 10.3. The van der Waals surface area contributed by atoms with Gasteiger partial charge in [0.1, 0.15) is 5.52 Å². The van der Waals surface area contributed by atoms with E-state index in [1.54, 1.807) is 19.6 Å². The van der Waals surface area contributed by atoms with Crippen molar-refractivity contribution in [3.63, 3.8) is 0 Å². The SMILES string of the molecule is COCC(Cl)CCNc1nccc2c1ncn2C. The molecule has 0 fully saturated rings. The third-order valence-corrected chi connectivity index (χ3v) is 3.08. The molecule has 0 spiro atoms. The molecule has 2 heterocycles. The fraction of sp³-hybridized carbons (Fsp3) is 0.500. The largest absolute Gasteiger partial charge is 0.383 e. The second kappa shape index (κ2) is 6.02. The van der Waals surface area contributed by atoms with Gasteiger partial charge in [-0.05, 0) is 12.5 Å². The maximum atomic E-state index is 6.06. The summed E-state index contributed by atoms with van der Waals surface area (Å²) < 4.78 is 6.96. The molecule has 1 unspecified atom stereocenters. The van der Waals surface area contributed by atoms with E-state index in [4.69, 9.17) is 16.3 Å². The first kappa shape index (κ1) is 13.1. The number of ether oxygens (including phenoxy) is 1. The highest BCUT2D eigenvalue weighted by atomic mass is 35.5.